The van der Waals surface area contributed by atoms with Gasteiger partial charge in [0.2, 0.25) is 0 Å². The molecule has 0 unspecified atom stereocenters. The van der Waals surface area contributed by atoms with E-state index >= 15 is 0 Å². The van der Waals surface area contributed by atoms with Crippen LogP contribution in [0.3, 0.4) is 0 Å². The summed E-state index contributed by atoms with van der Waals surface area (Å²) >= 11 is 0. The van der Waals surface area contributed by atoms with E-state index in [0.29, 0.717) is 0 Å². The SMILES string of the molecule is c1ccc(-c2ccc3c(c2)-c2ccc(N(c4ccc5c(c4)C(c4ccccc4)(c4ccccc4)c4ccccc4-5)c4cccc5ccccc45)cc2C32c3ccccc3-c3ccccc32)cc1. The molecule has 0 N–H and O–H groups in total. The van der Waals surface area contributed by atoms with E-state index in [1.165, 1.54) is 99.8 Å². The van der Waals surface area contributed by atoms with E-state index in [0.717, 1.165) is 17.1 Å². The summed E-state index contributed by atoms with van der Waals surface area (Å²) in [5, 5.41) is 2.41. The molecule has 3 aliphatic rings. The lowest BCUT2D eigenvalue weighted by Crippen LogP contribution is -2.28. The van der Waals surface area contributed by atoms with Crippen molar-refractivity contribution in [1.29, 1.82) is 0 Å². The predicted octanol–water partition coefficient (Wildman–Crippen LogP) is 16.7. The maximum absolute atomic E-state index is 2.53. The van der Waals surface area contributed by atoms with Gasteiger partial charge in [0.05, 0.1) is 16.5 Å². The lowest BCUT2D eigenvalue weighted by atomic mass is 9.67. The third-order valence-electron chi connectivity index (χ3n) is 15.1. The van der Waals surface area contributed by atoms with E-state index in [2.05, 4.69) is 266 Å². The summed E-state index contributed by atoms with van der Waals surface area (Å²) in [6.45, 7) is 0. The van der Waals surface area contributed by atoms with Crippen molar-refractivity contribution in [3.8, 4) is 44.5 Å². The highest BCUT2D eigenvalue weighted by Gasteiger charge is 2.52. The lowest BCUT2D eigenvalue weighted by Gasteiger charge is -2.35. The minimum absolute atomic E-state index is 0.511. The van der Waals surface area contributed by atoms with Crippen LogP contribution in [0.1, 0.15) is 44.5 Å². The molecule has 312 valence electrons. The zero-order valence-corrected chi connectivity index (χ0v) is 36.8. The highest BCUT2D eigenvalue weighted by Crippen LogP contribution is 2.64. The van der Waals surface area contributed by atoms with Crippen molar-refractivity contribution in [2.45, 2.75) is 10.8 Å². The van der Waals surface area contributed by atoms with Gasteiger partial charge in [-0.15, -0.1) is 0 Å². The third kappa shape index (κ3) is 5.20. The summed E-state index contributed by atoms with van der Waals surface area (Å²) in [6, 6.07) is 97.7. The van der Waals surface area contributed by atoms with Gasteiger partial charge in [0, 0.05) is 16.8 Å². The zero-order valence-electron chi connectivity index (χ0n) is 36.8. The number of nitrogens with zero attached hydrogens (tertiary/aromatic N) is 1. The van der Waals surface area contributed by atoms with Gasteiger partial charge >= 0.3 is 0 Å². The normalized spacial score (nSPS) is 13.9. The molecule has 0 saturated heterocycles. The van der Waals surface area contributed by atoms with Crippen molar-refractivity contribution in [2.75, 3.05) is 4.90 Å². The van der Waals surface area contributed by atoms with Gasteiger partial charge in [-0.1, -0.05) is 224 Å². The fourth-order valence-electron chi connectivity index (χ4n) is 12.5. The van der Waals surface area contributed by atoms with Crippen LogP contribution in [0.25, 0.3) is 55.3 Å². The molecule has 67 heavy (non-hydrogen) atoms. The molecule has 0 aromatic heterocycles. The first-order chi connectivity index (χ1) is 33.2. The Labute approximate surface area is 391 Å². The highest BCUT2D eigenvalue weighted by molar-refractivity contribution is 6.02. The zero-order chi connectivity index (χ0) is 44.1. The minimum Gasteiger partial charge on any atom is -0.310 e. The Balaban J connectivity index is 1.06. The van der Waals surface area contributed by atoms with E-state index in [1.54, 1.807) is 0 Å². The van der Waals surface area contributed by atoms with Crippen LogP contribution in [0, 0.1) is 0 Å². The number of rotatable bonds is 6. The average Bonchev–Trinajstić information content (AvgIpc) is 3.99. The second-order valence-corrected chi connectivity index (χ2v) is 18.3. The van der Waals surface area contributed by atoms with Gasteiger partial charge in [-0.25, -0.2) is 0 Å². The molecule has 0 aliphatic heterocycles. The Bertz CT molecular complexity index is 3660. The first kappa shape index (κ1) is 37.8. The lowest BCUT2D eigenvalue weighted by molar-refractivity contribution is 0.768. The van der Waals surface area contributed by atoms with Crippen LogP contribution in [-0.4, -0.2) is 0 Å². The number of hydrogen-bond acceptors (Lipinski definition) is 1. The van der Waals surface area contributed by atoms with Crippen LogP contribution >= 0.6 is 0 Å². The van der Waals surface area contributed by atoms with Gasteiger partial charge in [-0.3, -0.25) is 0 Å². The molecule has 1 nitrogen and oxygen atoms in total. The third-order valence-corrected chi connectivity index (χ3v) is 15.1. The second kappa shape index (κ2) is 14.5. The molecule has 0 fully saturated rings. The van der Waals surface area contributed by atoms with E-state index in [-0.39, 0.29) is 0 Å². The van der Waals surface area contributed by atoms with Crippen molar-refractivity contribution in [3.63, 3.8) is 0 Å². The van der Waals surface area contributed by atoms with E-state index in [4.69, 9.17) is 0 Å². The Hall–Kier alpha value is -8.52. The largest absolute Gasteiger partial charge is 0.310 e. The smallest absolute Gasteiger partial charge is 0.0726 e. The number of fused-ring (bicyclic) bond motifs is 14. The minimum atomic E-state index is -0.535. The standard InChI is InChI=1S/C66H43N/c1-4-19-44(20-5-1)46-35-40-61-57(41-46)56-39-37-50(43-63(56)66(61)59-32-16-13-28-52(59)53-29-14-17-33-60(53)66)67(64-34-18-22-45-21-10-11-27-51(45)64)49-36-38-55-54-30-12-15-31-58(54)65(62(55)42-49,47-23-6-2-7-24-47)48-25-8-3-9-26-48/h1-43H. The van der Waals surface area contributed by atoms with Gasteiger partial charge in [-0.05, 0) is 131 Å². The number of hydrogen-bond donors (Lipinski definition) is 0. The van der Waals surface area contributed by atoms with E-state index in [1.807, 2.05) is 0 Å². The quantitative estimate of drug-likeness (QED) is 0.161. The van der Waals surface area contributed by atoms with Crippen LogP contribution < -0.4 is 4.90 Å². The summed E-state index contributed by atoms with van der Waals surface area (Å²) in [5.74, 6) is 0. The summed E-state index contributed by atoms with van der Waals surface area (Å²) in [7, 11) is 0. The highest BCUT2D eigenvalue weighted by atomic mass is 15.1. The van der Waals surface area contributed by atoms with Crippen molar-refractivity contribution in [2.24, 2.45) is 0 Å². The topological polar surface area (TPSA) is 3.24 Å². The first-order valence-corrected chi connectivity index (χ1v) is 23.4. The number of anilines is 3. The van der Waals surface area contributed by atoms with Crippen LogP contribution in [0.2, 0.25) is 0 Å². The summed E-state index contributed by atoms with van der Waals surface area (Å²) < 4.78 is 0. The summed E-state index contributed by atoms with van der Waals surface area (Å²) in [5.41, 5.74) is 22.9. The molecular weight excluding hydrogens is 807 g/mol. The Morgan fingerprint density at radius 3 is 1.31 bits per heavy atom. The second-order valence-electron chi connectivity index (χ2n) is 18.3. The molecule has 1 spiro atoms. The monoisotopic (exact) mass is 849 g/mol. The van der Waals surface area contributed by atoms with Gasteiger partial charge in [-0.2, -0.15) is 0 Å². The van der Waals surface area contributed by atoms with Crippen molar-refractivity contribution in [1.82, 2.24) is 0 Å². The molecule has 11 aromatic rings. The number of benzene rings is 11. The van der Waals surface area contributed by atoms with Gasteiger partial charge < -0.3 is 4.90 Å². The molecule has 14 rings (SSSR count). The molecule has 0 bridgehead atoms. The fourth-order valence-corrected chi connectivity index (χ4v) is 12.5. The van der Waals surface area contributed by atoms with Crippen LogP contribution in [0.4, 0.5) is 17.1 Å². The van der Waals surface area contributed by atoms with Gasteiger partial charge in [0.1, 0.15) is 0 Å². The van der Waals surface area contributed by atoms with Crippen molar-refractivity contribution < 1.29 is 0 Å². The van der Waals surface area contributed by atoms with Crippen molar-refractivity contribution in [3.05, 3.63) is 305 Å². The molecule has 3 aliphatic carbocycles. The van der Waals surface area contributed by atoms with Crippen LogP contribution in [-0.2, 0) is 10.8 Å². The molecule has 0 radical (unpaired) electrons. The molecule has 1 heteroatoms. The summed E-state index contributed by atoms with van der Waals surface area (Å²) in [4.78, 5) is 2.53. The molecule has 0 amide bonds. The average molecular weight is 850 g/mol. The van der Waals surface area contributed by atoms with Gasteiger partial charge in [0.25, 0.3) is 0 Å². The van der Waals surface area contributed by atoms with Crippen molar-refractivity contribution >= 4 is 27.8 Å². The fraction of sp³-hybridized carbons (Fsp3) is 0.0303. The summed E-state index contributed by atoms with van der Waals surface area (Å²) in [6.07, 6.45) is 0. The predicted molar refractivity (Wildman–Crippen MR) is 278 cm³/mol. The Morgan fingerprint density at radius 1 is 0.254 bits per heavy atom. The molecule has 0 heterocycles. The Kier molecular flexibility index (Phi) is 8.18. The van der Waals surface area contributed by atoms with Gasteiger partial charge in [0.15, 0.2) is 0 Å². The van der Waals surface area contributed by atoms with Crippen LogP contribution in [0.5, 0.6) is 0 Å². The van der Waals surface area contributed by atoms with E-state index in [9.17, 15) is 0 Å². The molecular formula is C66H43N. The van der Waals surface area contributed by atoms with Crippen LogP contribution in [0.15, 0.2) is 261 Å². The Morgan fingerprint density at radius 2 is 0.701 bits per heavy atom. The molecule has 11 aromatic carbocycles. The maximum atomic E-state index is 2.53. The molecule has 0 atom stereocenters. The van der Waals surface area contributed by atoms with E-state index < -0.39 is 10.8 Å². The molecule has 0 saturated carbocycles. The first-order valence-electron chi connectivity index (χ1n) is 23.4. The maximum Gasteiger partial charge on any atom is 0.0726 e.